The number of benzene rings is 2. The molecule has 3 nitrogen and oxygen atoms in total. The molecule has 0 saturated carbocycles. The van der Waals surface area contributed by atoms with E-state index in [0.717, 1.165) is 22.8 Å². The van der Waals surface area contributed by atoms with Gasteiger partial charge in [0.1, 0.15) is 5.75 Å². The number of alkyl halides is 3. The van der Waals surface area contributed by atoms with Crippen LogP contribution in [0.5, 0.6) is 0 Å². The third-order valence-electron chi connectivity index (χ3n) is 4.33. The quantitative estimate of drug-likeness (QED) is 0.272. The van der Waals surface area contributed by atoms with E-state index in [1.54, 1.807) is 17.5 Å². The van der Waals surface area contributed by atoms with Gasteiger partial charge in [0.15, 0.2) is 5.69 Å². The molecular weight excluding hydrogens is 429 g/mol. The lowest BCUT2D eigenvalue weighted by Crippen LogP contribution is -2.16. The minimum absolute atomic E-state index is 0.0280. The van der Waals surface area contributed by atoms with Gasteiger partial charge in [-0.1, -0.05) is 60.7 Å². The first kappa shape index (κ1) is 20.6. The summed E-state index contributed by atoms with van der Waals surface area (Å²) < 4.78 is 52.7. The van der Waals surface area contributed by atoms with Crippen LogP contribution in [0.2, 0.25) is 0 Å². The molecule has 2 aromatic heterocycles. The lowest BCUT2D eigenvalue weighted by atomic mass is 10.0. The van der Waals surface area contributed by atoms with Crippen LogP contribution >= 0.6 is 11.3 Å². The van der Waals surface area contributed by atoms with Gasteiger partial charge in [0.05, 0.1) is 10.6 Å². The Balaban J connectivity index is 1.60. The van der Waals surface area contributed by atoms with Crippen molar-refractivity contribution >= 4 is 22.5 Å². The van der Waals surface area contributed by atoms with Crippen LogP contribution in [0.3, 0.4) is 0 Å². The Kier molecular flexibility index (Phi) is 5.90. The van der Waals surface area contributed by atoms with Crippen molar-refractivity contribution in [1.82, 2.24) is 9.97 Å². The second kappa shape index (κ2) is 8.59. The van der Waals surface area contributed by atoms with Crippen LogP contribution < -0.4 is 0 Å². The molecule has 2 heterocycles. The van der Waals surface area contributed by atoms with Gasteiger partial charge in [-0.2, -0.15) is 23.1 Å². The molecule has 4 aromatic rings. The Morgan fingerprint density at radius 2 is 1.57 bits per heavy atom. The number of halogens is 3. The Morgan fingerprint density at radius 3 is 2.20 bits per heavy atom. The second-order valence-corrected chi connectivity index (χ2v) is 8.74. The van der Waals surface area contributed by atoms with Crippen LogP contribution in [0.1, 0.15) is 11.3 Å². The summed E-state index contributed by atoms with van der Waals surface area (Å²) in [5.41, 5.74) is 1.80. The van der Waals surface area contributed by atoms with Crippen LogP contribution in [0.25, 0.3) is 21.7 Å². The highest BCUT2D eigenvalue weighted by Crippen LogP contribution is 2.32. The first-order chi connectivity index (χ1) is 14.4. The van der Waals surface area contributed by atoms with Crippen molar-refractivity contribution in [3.8, 4) is 21.7 Å². The van der Waals surface area contributed by atoms with E-state index in [1.165, 1.54) is 11.3 Å². The van der Waals surface area contributed by atoms with Gasteiger partial charge in [0.2, 0.25) is 0 Å². The van der Waals surface area contributed by atoms with Crippen molar-refractivity contribution in [1.29, 1.82) is 0 Å². The predicted octanol–water partition coefficient (Wildman–Crippen LogP) is 6.20. The highest BCUT2D eigenvalue weighted by Gasteiger charge is 2.35. The zero-order chi connectivity index (χ0) is 21.1. The van der Waals surface area contributed by atoms with E-state index < -0.39 is 23.0 Å². The van der Waals surface area contributed by atoms with Crippen molar-refractivity contribution < 1.29 is 17.7 Å². The summed E-state index contributed by atoms with van der Waals surface area (Å²) >= 11 is -0.557. The Bertz CT molecular complexity index is 1120. The summed E-state index contributed by atoms with van der Waals surface area (Å²) in [6.07, 6.45) is -4.65. The highest BCUT2D eigenvalue weighted by molar-refractivity contribution is 7.90. The molecule has 0 fully saturated rings. The average Bonchev–Trinajstić information content (AvgIpc) is 3.29. The Hall–Kier alpha value is -2.68. The second-order valence-electron chi connectivity index (χ2n) is 6.45. The smallest absolute Gasteiger partial charge is 0.433 e. The van der Waals surface area contributed by atoms with E-state index in [0.29, 0.717) is 4.88 Å². The van der Waals surface area contributed by atoms with E-state index in [-0.39, 0.29) is 16.6 Å². The summed E-state index contributed by atoms with van der Waals surface area (Å²) in [5, 5.41) is 1.43. The maximum atomic E-state index is 13.3. The number of aromatic nitrogens is 2. The Morgan fingerprint density at radius 1 is 0.867 bits per heavy atom. The van der Waals surface area contributed by atoms with Crippen molar-refractivity contribution in [3.63, 3.8) is 0 Å². The lowest BCUT2D eigenvalue weighted by molar-refractivity contribution is -0.141. The third kappa shape index (κ3) is 4.72. The van der Waals surface area contributed by atoms with Gasteiger partial charge in [0, 0.05) is 16.7 Å². The number of hydrogen-bond acceptors (Lipinski definition) is 4. The van der Waals surface area contributed by atoms with Gasteiger partial charge >= 0.3 is 11.3 Å². The van der Waals surface area contributed by atoms with E-state index >= 15 is 0 Å². The molecule has 0 bridgehead atoms. The SMILES string of the molecule is [O-][S+](Cc1ccc(-c2ccccc2)cc1)c1nc(-c2cccs2)cc(C(F)(F)F)n1. The molecule has 152 valence electrons. The zero-order valence-corrected chi connectivity index (χ0v) is 17.1. The van der Waals surface area contributed by atoms with E-state index in [2.05, 4.69) is 9.97 Å². The zero-order valence-electron chi connectivity index (χ0n) is 15.5. The van der Waals surface area contributed by atoms with Crippen molar-refractivity contribution in [2.75, 3.05) is 0 Å². The standard InChI is InChI=1S/C22H15F3N2OS2/c23-22(24,25)20-13-18(19-7-4-12-29-19)26-21(27-20)30(28)14-15-8-10-17(11-9-15)16-5-2-1-3-6-16/h1-13H,14H2. The highest BCUT2D eigenvalue weighted by atomic mass is 32.2. The van der Waals surface area contributed by atoms with Crippen molar-refractivity contribution in [2.45, 2.75) is 17.1 Å². The summed E-state index contributed by atoms with van der Waals surface area (Å²) in [4.78, 5) is 8.26. The minimum Gasteiger partial charge on any atom is -0.609 e. The van der Waals surface area contributed by atoms with E-state index in [1.807, 2.05) is 54.6 Å². The predicted molar refractivity (Wildman–Crippen MR) is 112 cm³/mol. The fourth-order valence-corrected chi connectivity index (χ4v) is 4.57. The average molecular weight is 445 g/mol. The van der Waals surface area contributed by atoms with Gasteiger partial charge in [-0.3, -0.25) is 0 Å². The maximum absolute atomic E-state index is 13.3. The monoisotopic (exact) mass is 444 g/mol. The van der Waals surface area contributed by atoms with Crippen molar-refractivity contribution in [3.05, 3.63) is 89.4 Å². The molecule has 0 amide bonds. The number of thiophene rings is 1. The molecule has 2 aromatic carbocycles. The van der Waals surface area contributed by atoms with E-state index in [4.69, 9.17) is 0 Å². The third-order valence-corrected chi connectivity index (χ3v) is 6.41. The Labute approximate surface area is 178 Å². The minimum atomic E-state index is -4.65. The molecule has 0 aliphatic rings. The topological polar surface area (TPSA) is 48.8 Å². The summed E-state index contributed by atoms with van der Waals surface area (Å²) in [6, 6.07) is 21.5. The summed E-state index contributed by atoms with van der Waals surface area (Å²) in [6.45, 7) is 0. The number of hydrogen-bond donors (Lipinski definition) is 0. The van der Waals surface area contributed by atoms with Crippen LogP contribution in [0.15, 0.2) is 83.3 Å². The first-order valence-corrected chi connectivity index (χ1v) is 11.1. The van der Waals surface area contributed by atoms with Crippen LogP contribution in [-0.2, 0) is 23.1 Å². The van der Waals surface area contributed by atoms with Gasteiger partial charge in [-0.25, -0.2) is 0 Å². The normalized spacial score (nSPS) is 12.7. The summed E-state index contributed by atoms with van der Waals surface area (Å²) in [5.74, 6) is 0.0280. The fourth-order valence-electron chi connectivity index (χ4n) is 2.86. The fraction of sp³-hybridized carbons (Fsp3) is 0.0909. The van der Waals surface area contributed by atoms with Gasteiger partial charge in [0.25, 0.3) is 0 Å². The molecule has 1 atom stereocenters. The molecule has 0 N–H and O–H groups in total. The molecule has 0 radical (unpaired) electrons. The summed E-state index contributed by atoms with van der Waals surface area (Å²) in [7, 11) is 0. The molecule has 0 aliphatic heterocycles. The van der Waals surface area contributed by atoms with Crippen molar-refractivity contribution in [2.24, 2.45) is 0 Å². The molecule has 4 rings (SSSR count). The first-order valence-electron chi connectivity index (χ1n) is 8.93. The largest absolute Gasteiger partial charge is 0.609 e. The van der Waals surface area contributed by atoms with E-state index in [9.17, 15) is 17.7 Å². The molecule has 0 aliphatic carbocycles. The molecule has 0 spiro atoms. The van der Waals surface area contributed by atoms with Crippen LogP contribution in [0, 0.1) is 0 Å². The lowest BCUT2D eigenvalue weighted by Gasteiger charge is -2.13. The van der Waals surface area contributed by atoms with Crippen LogP contribution in [-0.4, -0.2) is 14.5 Å². The molecule has 30 heavy (non-hydrogen) atoms. The maximum Gasteiger partial charge on any atom is 0.433 e. The van der Waals surface area contributed by atoms with Crippen LogP contribution in [0.4, 0.5) is 13.2 Å². The van der Waals surface area contributed by atoms with Gasteiger partial charge < -0.3 is 4.55 Å². The molecule has 0 saturated heterocycles. The number of nitrogens with zero attached hydrogens (tertiary/aromatic N) is 2. The molecular formula is C22H15F3N2OS2. The van der Waals surface area contributed by atoms with Gasteiger partial charge in [-0.15, -0.1) is 11.3 Å². The molecule has 8 heteroatoms. The van der Waals surface area contributed by atoms with Gasteiger partial charge in [-0.05, 0) is 28.6 Å². The number of rotatable bonds is 5. The molecule has 1 unspecified atom stereocenters.